The van der Waals surface area contributed by atoms with Crippen molar-refractivity contribution >= 4 is 5.91 Å². The average Bonchev–Trinajstić information content (AvgIpc) is 2.93. The lowest BCUT2D eigenvalue weighted by Gasteiger charge is -2.41. The number of nitrogens with zero attached hydrogens (tertiary/aromatic N) is 3. The van der Waals surface area contributed by atoms with Crippen molar-refractivity contribution in [1.29, 1.82) is 0 Å². The molecular weight excluding hydrogens is 286 g/mol. The van der Waals surface area contributed by atoms with Crippen LogP contribution in [0.5, 0.6) is 0 Å². The third kappa shape index (κ3) is 3.14. The predicted octanol–water partition coefficient (Wildman–Crippen LogP) is 2.81. The zero-order valence-electron chi connectivity index (χ0n) is 13.9. The first kappa shape index (κ1) is 15.1. The molecule has 1 aromatic heterocycles. The zero-order chi connectivity index (χ0) is 15.7. The van der Waals surface area contributed by atoms with E-state index in [1.807, 2.05) is 12.1 Å². The third-order valence-electron chi connectivity index (χ3n) is 6.12. The fraction of sp³-hybridized carbons (Fsp3) is 0.684. The molecule has 1 aliphatic carbocycles. The molecule has 4 heteroatoms. The summed E-state index contributed by atoms with van der Waals surface area (Å²) in [5.41, 5.74) is 1.08. The molecule has 23 heavy (non-hydrogen) atoms. The molecule has 1 saturated carbocycles. The molecule has 4 rings (SSSR count). The second-order valence-corrected chi connectivity index (χ2v) is 7.85. The van der Waals surface area contributed by atoms with Gasteiger partial charge in [0.2, 0.25) is 0 Å². The molecule has 3 aliphatic rings. The van der Waals surface area contributed by atoms with E-state index in [0.29, 0.717) is 5.41 Å². The van der Waals surface area contributed by atoms with Crippen LogP contribution in [0.2, 0.25) is 0 Å². The van der Waals surface area contributed by atoms with Crippen molar-refractivity contribution in [2.75, 3.05) is 32.7 Å². The first-order chi connectivity index (χ1) is 11.2. The number of amides is 1. The molecule has 4 nitrogen and oxygen atoms in total. The zero-order valence-corrected chi connectivity index (χ0v) is 13.9. The van der Waals surface area contributed by atoms with E-state index in [4.69, 9.17) is 0 Å². The quantitative estimate of drug-likeness (QED) is 0.861. The highest BCUT2D eigenvalue weighted by Gasteiger charge is 2.43. The maximum absolute atomic E-state index is 12.7. The van der Waals surface area contributed by atoms with Crippen LogP contribution in [0.15, 0.2) is 24.5 Å². The van der Waals surface area contributed by atoms with Crippen molar-refractivity contribution in [3.8, 4) is 0 Å². The number of likely N-dealkylation sites (tertiary alicyclic amines) is 2. The molecule has 2 aliphatic heterocycles. The summed E-state index contributed by atoms with van der Waals surface area (Å²) in [6.07, 6.45) is 11.4. The molecule has 3 heterocycles. The normalized spacial score (nSPS) is 29.0. The largest absolute Gasteiger partial charge is 0.338 e. The molecule has 0 N–H and O–H groups in total. The number of hydrogen-bond acceptors (Lipinski definition) is 3. The Hall–Kier alpha value is -1.42. The van der Waals surface area contributed by atoms with Crippen molar-refractivity contribution in [3.05, 3.63) is 30.1 Å². The van der Waals surface area contributed by atoms with Crippen LogP contribution in [-0.2, 0) is 0 Å². The Bertz CT molecular complexity index is 557. The number of pyridine rings is 1. The molecule has 0 unspecified atom stereocenters. The van der Waals surface area contributed by atoms with E-state index < -0.39 is 0 Å². The van der Waals surface area contributed by atoms with Crippen LogP contribution in [0.4, 0.5) is 0 Å². The lowest BCUT2D eigenvalue weighted by Crippen LogP contribution is -2.47. The Balaban J connectivity index is 1.40. The van der Waals surface area contributed by atoms with E-state index in [1.54, 1.807) is 12.4 Å². The second-order valence-electron chi connectivity index (χ2n) is 7.85. The first-order valence-electron chi connectivity index (χ1n) is 9.16. The first-order valence-corrected chi connectivity index (χ1v) is 9.16. The molecule has 0 bridgehead atoms. The van der Waals surface area contributed by atoms with Gasteiger partial charge in [0.25, 0.3) is 5.91 Å². The highest BCUT2D eigenvalue weighted by molar-refractivity contribution is 5.94. The van der Waals surface area contributed by atoms with Gasteiger partial charge in [-0.3, -0.25) is 9.78 Å². The summed E-state index contributed by atoms with van der Waals surface area (Å²) in [4.78, 5) is 21.6. The summed E-state index contributed by atoms with van der Waals surface area (Å²) in [6.45, 7) is 5.55. The number of piperidine rings is 1. The maximum Gasteiger partial charge on any atom is 0.255 e. The standard InChI is InChI=1S/C19H27N3O/c23-18(17-6-2-9-20-12-17)22-10-3-7-19(15-22)8-11-21(14-19)13-16-4-1-5-16/h2,6,9,12,16H,1,3-5,7-8,10-11,13-15H2/t19-/m1/s1. The number of rotatable bonds is 3. The van der Waals surface area contributed by atoms with Gasteiger partial charge in [0.15, 0.2) is 0 Å². The fourth-order valence-corrected chi connectivity index (χ4v) is 4.61. The Morgan fingerprint density at radius 3 is 2.87 bits per heavy atom. The van der Waals surface area contributed by atoms with E-state index in [9.17, 15) is 4.79 Å². The minimum absolute atomic E-state index is 0.162. The molecule has 0 aromatic carbocycles. The summed E-state index contributed by atoms with van der Waals surface area (Å²) in [5.74, 6) is 1.11. The fourth-order valence-electron chi connectivity index (χ4n) is 4.61. The number of carbonyl (C=O) groups is 1. The second kappa shape index (κ2) is 6.23. The molecular formula is C19H27N3O. The van der Waals surface area contributed by atoms with Crippen molar-refractivity contribution in [2.24, 2.45) is 11.3 Å². The van der Waals surface area contributed by atoms with Gasteiger partial charge in [0, 0.05) is 44.0 Å². The van der Waals surface area contributed by atoms with Crippen molar-refractivity contribution < 1.29 is 4.79 Å². The van der Waals surface area contributed by atoms with Gasteiger partial charge < -0.3 is 9.80 Å². The van der Waals surface area contributed by atoms with Gasteiger partial charge >= 0.3 is 0 Å². The van der Waals surface area contributed by atoms with Gasteiger partial charge in [-0.05, 0) is 56.7 Å². The van der Waals surface area contributed by atoms with E-state index in [2.05, 4.69) is 14.8 Å². The molecule has 1 amide bonds. The summed E-state index contributed by atoms with van der Waals surface area (Å²) in [6, 6.07) is 3.73. The number of carbonyl (C=O) groups excluding carboxylic acids is 1. The minimum Gasteiger partial charge on any atom is -0.338 e. The molecule has 2 saturated heterocycles. The Morgan fingerprint density at radius 1 is 1.22 bits per heavy atom. The summed E-state index contributed by atoms with van der Waals surface area (Å²) >= 11 is 0. The van der Waals surface area contributed by atoms with Gasteiger partial charge in [0.1, 0.15) is 0 Å². The van der Waals surface area contributed by atoms with E-state index in [-0.39, 0.29) is 5.91 Å². The predicted molar refractivity (Wildman–Crippen MR) is 90.2 cm³/mol. The van der Waals surface area contributed by atoms with Gasteiger partial charge in [-0.15, -0.1) is 0 Å². The molecule has 0 radical (unpaired) electrons. The monoisotopic (exact) mass is 313 g/mol. The lowest BCUT2D eigenvalue weighted by molar-refractivity contribution is 0.0519. The van der Waals surface area contributed by atoms with Gasteiger partial charge in [0.05, 0.1) is 5.56 Å². The van der Waals surface area contributed by atoms with Gasteiger partial charge in [-0.1, -0.05) is 6.42 Å². The van der Waals surface area contributed by atoms with Crippen molar-refractivity contribution in [2.45, 2.75) is 38.5 Å². The van der Waals surface area contributed by atoms with Crippen molar-refractivity contribution in [1.82, 2.24) is 14.8 Å². The summed E-state index contributed by atoms with van der Waals surface area (Å²) < 4.78 is 0. The van der Waals surface area contributed by atoms with E-state index >= 15 is 0 Å². The molecule has 1 spiro atoms. The molecule has 1 atom stereocenters. The molecule has 124 valence electrons. The van der Waals surface area contributed by atoms with Crippen LogP contribution in [-0.4, -0.2) is 53.4 Å². The van der Waals surface area contributed by atoms with E-state index in [1.165, 1.54) is 51.7 Å². The maximum atomic E-state index is 12.7. The van der Waals surface area contributed by atoms with Crippen LogP contribution in [0.1, 0.15) is 48.9 Å². The highest BCUT2D eigenvalue weighted by atomic mass is 16.2. The molecule has 3 fully saturated rings. The topological polar surface area (TPSA) is 36.4 Å². The summed E-state index contributed by atoms with van der Waals surface area (Å²) in [5, 5.41) is 0. The Kier molecular flexibility index (Phi) is 4.10. The minimum atomic E-state index is 0.162. The van der Waals surface area contributed by atoms with Crippen LogP contribution < -0.4 is 0 Å². The SMILES string of the molecule is O=C(c1cccnc1)N1CCC[C@]2(CCN(CC3CCC3)C2)C1. The van der Waals surface area contributed by atoms with Crippen LogP contribution >= 0.6 is 0 Å². The van der Waals surface area contributed by atoms with E-state index in [0.717, 1.165) is 31.0 Å². The Labute approximate surface area is 138 Å². The van der Waals surface area contributed by atoms with Crippen molar-refractivity contribution in [3.63, 3.8) is 0 Å². The van der Waals surface area contributed by atoms with Gasteiger partial charge in [-0.2, -0.15) is 0 Å². The lowest BCUT2D eigenvalue weighted by atomic mass is 9.79. The summed E-state index contributed by atoms with van der Waals surface area (Å²) in [7, 11) is 0. The number of hydrogen-bond donors (Lipinski definition) is 0. The number of aromatic nitrogens is 1. The Morgan fingerprint density at radius 2 is 2.13 bits per heavy atom. The van der Waals surface area contributed by atoms with Gasteiger partial charge in [-0.25, -0.2) is 0 Å². The third-order valence-corrected chi connectivity index (χ3v) is 6.12. The highest BCUT2D eigenvalue weighted by Crippen LogP contribution is 2.40. The smallest absolute Gasteiger partial charge is 0.255 e. The average molecular weight is 313 g/mol. The van der Waals surface area contributed by atoms with Crippen LogP contribution in [0.25, 0.3) is 0 Å². The molecule has 1 aromatic rings. The van der Waals surface area contributed by atoms with Crippen LogP contribution in [0.3, 0.4) is 0 Å². The van der Waals surface area contributed by atoms with Crippen LogP contribution in [0, 0.1) is 11.3 Å².